The molecule has 0 saturated carbocycles. The maximum absolute atomic E-state index is 9.73. The van der Waals surface area contributed by atoms with Gasteiger partial charge < -0.3 is 10.0 Å². The van der Waals surface area contributed by atoms with E-state index in [0.29, 0.717) is 5.56 Å². The molecule has 0 unspecified atom stereocenters. The van der Waals surface area contributed by atoms with Crippen LogP contribution in [-0.2, 0) is 6.42 Å². The molecule has 1 aromatic heterocycles. The summed E-state index contributed by atoms with van der Waals surface area (Å²) in [4.78, 5) is 6.68. The van der Waals surface area contributed by atoms with E-state index in [4.69, 9.17) is 5.26 Å². The van der Waals surface area contributed by atoms with Gasteiger partial charge in [0.25, 0.3) is 0 Å². The Morgan fingerprint density at radius 3 is 3.10 bits per heavy atom. The Hall–Kier alpha value is -1.96. The molecule has 0 amide bonds. The molecule has 108 valence electrons. The second-order valence-electron chi connectivity index (χ2n) is 5.66. The summed E-state index contributed by atoms with van der Waals surface area (Å²) in [5.41, 5.74) is 2.83. The number of likely N-dealkylation sites (tertiary alicyclic amines) is 1. The first kappa shape index (κ1) is 14.0. The van der Waals surface area contributed by atoms with E-state index in [1.54, 1.807) is 6.07 Å². The van der Waals surface area contributed by atoms with Gasteiger partial charge in [-0.25, -0.2) is 0 Å². The van der Waals surface area contributed by atoms with Crippen LogP contribution in [0, 0.1) is 11.3 Å². The molecule has 1 aliphatic heterocycles. The number of aromatic nitrogens is 1. The van der Waals surface area contributed by atoms with Gasteiger partial charge in [0, 0.05) is 24.7 Å². The summed E-state index contributed by atoms with van der Waals surface area (Å²) in [5, 5.41) is 19.8. The molecule has 0 radical (unpaired) electrons. The van der Waals surface area contributed by atoms with Crippen molar-refractivity contribution in [3.8, 4) is 6.07 Å². The predicted molar refractivity (Wildman–Crippen MR) is 81.8 cm³/mol. The van der Waals surface area contributed by atoms with Crippen LogP contribution in [0.5, 0.6) is 0 Å². The van der Waals surface area contributed by atoms with Gasteiger partial charge in [0.2, 0.25) is 0 Å². The van der Waals surface area contributed by atoms with Gasteiger partial charge in [0.15, 0.2) is 0 Å². The van der Waals surface area contributed by atoms with Crippen molar-refractivity contribution in [2.75, 3.05) is 19.6 Å². The van der Waals surface area contributed by atoms with Crippen LogP contribution in [0.3, 0.4) is 0 Å². The lowest BCUT2D eigenvalue weighted by Gasteiger charge is -2.30. The standard InChI is InChI=1S/C17H19N3O/c18-11-13-3-4-17-16(10-13)14(5-7-19-17)6-9-20-8-1-2-15(21)12-20/h3-5,7,10,15,21H,1-2,6,8-9,12H2/t15-/m1/s1. The summed E-state index contributed by atoms with van der Waals surface area (Å²) >= 11 is 0. The number of fused-ring (bicyclic) bond motifs is 1. The third kappa shape index (κ3) is 3.21. The number of rotatable bonds is 3. The molecule has 1 atom stereocenters. The number of nitrogens with zero attached hydrogens (tertiary/aromatic N) is 3. The van der Waals surface area contributed by atoms with Crippen LogP contribution in [0.4, 0.5) is 0 Å². The molecule has 1 aromatic carbocycles. The summed E-state index contributed by atoms with van der Waals surface area (Å²) in [5.74, 6) is 0. The van der Waals surface area contributed by atoms with E-state index in [-0.39, 0.29) is 6.10 Å². The van der Waals surface area contributed by atoms with Gasteiger partial charge >= 0.3 is 0 Å². The van der Waals surface area contributed by atoms with E-state index in [0.717, 1.165) is 49.8 Å². The Morgan fingerprint density at radius 1 is 1.38 bits per heavy atom. The number of β-amino-alcohol motifs (C(OH)–C–C–N with tert-alkyl or cyclic N) is 1. The number of nitriles is 1. The molecule has 3 rings (SSSR count). The quantitative estimate of drug-likeness (QED) is 0.936. The van der Waals surface area contributed by atoms with Crippen molar-refractivity contribution in [3.05, 3.63) is 41.6 Å². The first-order valence-corrected chi connectivity index (χ1v) is 7.44. The van der Waals surface area contributed by atoms with E-state index in [1.165, 1.54) is 5.56 Å². The van der Waals surface area contributed by atoms with Crippen molar-refractivity contribution >= 4 is 10.9 Å². The molecule has 0 spiro atoms. The first-order chi connectivity index (χ1) is 10.3. The number of hydrogen-bond donors (Lipinski definition) is 1. The lowest BCUT2D eigenvalue weighted by Crippen LogP contribution is -2.39. The molecule has 1 aliphatic rings. The fraction of sp³-hybridized carbons (Fsp3) is 0.412. The number of piperidine rings is 1. The van der Waals surface area contributed by atoms with Crippen LogP contribution in [0.15, 0.2) is 30.5 Å². The summed E-state index contributed by atoms with van der Waals surface area (Å²) in [6.07, 6.45) is 4.55. The number of aliphatic hydroxyl groups is 1. The molecular formula is C17H19N3O. The van der Waals surface area contributed by atoms with Crippen molar-refractivity contribution in [1.29, 1.82) is 5.26 Å². The van der Waals surface area contributed by atoms with Gasteiger partial charge in [-0.05, 0) is 55.6 Å². The molecular weight excluding hydrogens is 262 g/mol. The van der Waals surface area contributed by atoms with Gasteiger partial charge in [0.05, 0.1) is 23.3 Å². The van der Waals surface area contributed by atoms with Crippen molar-refractivity contribution in [1.82, 2.24) is 9.88 Å². The number of benzene rings is 1. The highest BCUT2D eigenvalue weighted by Gasteiger charge is 2.17. The van der Waals surface area contributed by atoms with Gasteiger partial charge in [-0.15, -0.1) is 0 Å². The van der Waals surface area contributed by atoms with Gasteiger partial charge in [-0.3, -0.25) is 4.98 Å². The van der Waals surface area contributed by atoms with Gasteiger partial charge in [0.1, 0.15) is 0 Å². The predicted octanol–water partition coefficient (Wildman–Crippen LogP) is 2.11. The second-order valence-corrected chi connectivity index (χ2v) is 5.66. The number of pyridine rings is 1. The SMILES string of the molecule is N#Cc1ccc2nccc(CCN3CCC[C@@H](O)C3)c2c1. The zero-order valence-electron chi connectivity index (χ0n) is 12.0. The molecule has 1 fully saturated rings. The summed E-state index contributed by atoms with van der Waals surface area (Å²) in [6, 6.07) is 9.85. The van der Waals surface area contributed by atoms with E-state index in [1.807, 2.05) is 24.4 Å². The van der Waals surface area contributed by atoms with E-state index < -0.39 is 0 Å². The van der Waals surface area contributed by atoms with Crippen LogP contribution in [0.1, 0.15) is 24.0 Å². The summed E-state index contributed by atoms with van der Waals surface area (Å²) in [7, 11) is 0. The summed E-state index contributed by atoms with van der Waals surface area (Å²) < 4.78 is 0. The monoisotopic (exact) mass is 281 g/mol. The van der Waals surface area contributed by atoms with Crippen LogP contribution in [-0.4, -0.2) is 40.7 Å². The topological polar surface area (TPSA) is 60.2 Å². The average molecular weight is 281 g/mol. The lowest BCUT2D eigenvalue weighted by molar-refractivity contribution is 0.0714. The van der Waals surface area contributed by atoms with E-state index >= 15 is 0 Å². The van der Waals surface area contributed by atoms with Crippen LogP contribution < -0.4 is 0 Å². The smallest absolute Gasteiger partial charge is 0.0991 e. The van der Waals surface area contributed by atoms with Crippen molar-refractivity contribution < 1.29 is 5.11 Å². The van der Waals surface area contributed by atoms with Crippen molar-refractivity contribution in [3.63, 3.8) is 0 Å². The highest BCUT2D eigenvalue weighted by molar-refractivity contribution is 5.83. The molecule has 1 N–H and O–H groups in total. The Kier molecular flexibility index (Phi) is 4.14. The van der Waals surface area contributed by atoms with Crippen LogP contribution in [0.2, 0.25) is 0 Å². The average Bonchev–Trinajstić information content (AvgIpc) is 2.52. The van der Waals surface area contributed by atoms with E-state index in [9.17, 15) is 5.11 Å². The van der Waals surface area contributed by atoms with E-state index in [2.05, 4.69) is 16.0 Å². The van der Waals surface area contributed by atoms with Crippen LogP contribution in [0.25, 0.3) is 10.9 Å². The fourth-order valence-corrected chi connectivity index (χ4v) is 3.00. The molecule has 1 saturated heterocycles. The minimum absolute atomic E-state index is 0.182. The summed E-state index contributed by atoms with van der Waals surface area (Å²) in [6.45, 7) is 2.77. The minimum atomic E-state index is -0.182. The zero-order chi connectivity index (χ0) is 14.7. The largest absolute Gasteiger partial charge is 0.392 e. The molecule has 2 aromatic rings. The highest BCUT2D eigenvalue weighted by atomic mass is 16.3. The Balaban J connectivity index is 1.78. The Labute approximate surface area is 124 Å². The van der Waals surface area contributed by atoms with Crippen molar-refractivity contribution in [2.45, 2.75) is 25.4 Å². The molecule has 21 heavy (non-hydrogen) atoms. The molecule has 4 heteroatoms. The second kappa shape index (κ2) is 6.21. The minimum Gasteiger partial charge on any atom is -0.392 e. The van der Waals surface area contributed by atoms with Crippen molar-refractivity contribution in [2.24, 2.45) is 0 Å². The van der Waals surface area contributed by atoms with Gasteiger partial charge in [-0.2, -0.15) is 5.26 Å². The Bertz CT molecular complexity index is 677. The molecule has 2 heterocycles. The van der Waals surface area contributed by atoms with Crippen LogP contribution >= 0.6 is 0 Å². The maximum Gasteiger partial charge on any atom is 0.0991 e. The fourth-order valence-electron chi connectivity index (χ4n) is 3.00. The lowest BCUT2D eigenvalue weighted by atomic mass is 10.0. The molecule has 4 nitrogen and oxygen atoms in total. The third-order valence-electron chi connectivity index (χ3n) is 4.14. The number of aliphatic hydroxyl groups excluding tert-OH is 1. The zero-order valence-corrected chi connectivity index (χ0v) is 12.0. The third-order valence-corrected chi connectivity index (χ3v) is 4.14. The van der Waals surface area contributed by atoms with Gasteiger partial charge in [-0.1, -0.05) is 0 Å². The first-order valence-electron chi connectivity index (χ1n) is 7.44. The normalized spacial score (nSPS) is 19.5. The molecule has 0 aliphatic carbocycles. The number of hydrogen-bond acceptors (Lipinski definition) is 4. The maximum atomic E-state index is 9.73. The Morgan fingerprint density at radius 2 is 2.29 bits per heavy atom. The molecule has 0 bridgehead atoms. The highest BCUT2D eigenvalue weighted by Crippen LogP contribution is 2.19.